The van der Waals surface area contributed by atoms with Crippen LogP contribution in [-0.2, 0) is 9.53 Å². The smallest absolute Gasteiger partial charge is 0.315 e. The number of carbonyl (C=O) groups excluding carboxylic acids is 1. The third kappa shape index (κ3) is 4.52. The van der Waals surface area contributed by atoms with Crippen LogP contribution in [0.1, 0.15) is 32.6 Å². The first-order valence-corrected chi connectivity index (χ1v) is 6.34. The summed E-state index contributed by atoms with van der Waals surface area (Å²) in [6, 6.07) is -0.592. The maximum atomic E-state index is 11.6. The normalized spacial score (nSPS) is 25.2. The van der Waals surface area contributed by atoms with Crippen LogP contribution in [0.2, 0.25) is 0 Å². The number of hydrogen-bond donors (Lipinski definition) is 3. The van der Waals surface area contributed by atoms with E-state index in [9.17, 15) is 9.59 Å². The molecule has 104 valence electrons. The van der Waals surface area contributed by atoms with E-state index in [1.54, 1.807) is 7.11 Å². The summed E-state index contributed by atoms with van der Waals surface area (Å²) in [4.78, 5) is 22.7. The van der Waals surface area contributed by atoms with Crippen LogP contribution in [0.5, 0.6) is 0 Å². The molecule has 3 unspecified atom stereocenters. The number of rotatable bonds is 5. The van der Waals surface area contributed by atoms with E-state index in [4.69, 9.17) is 9.84 Å². The Morgan fingerprint density at radius 2 is 2.06 bits per heavy atom. The lowest BCUT2D eigenvalue weighted by atomic mass is 9.84. The molecule has 3 atom stereocenters. The van der Waals surface area contributed by atoms with E-state index in [0.29, 0.717) is 13.0 Å². The van der Waals surface area contributed by atoms with Crippen LogP contribution in [0, 0.1) is 5.92 Å². The quantitative estimate of drug-likeness (QED) is 0.685. The second kappa shape index (κ2) is 7.20. The molecule has 3 N–H and O–H groups in total. The number of amides is 2. The van der Waals surface area contributed by atoms with Gasteiger partial charge in [0.05, 0.1) is 12.0 Å². The zero-order valence-electron chi connectivity index (χ0n) is 10.9. The fourth-order valence-corrected chi connectivity index (χ4v) is 2.14. The summed E-state index contributed by atoms with van der Waals surface area (Å²) >= 11 is 0. The topological polar surface area (TPSA) is 87.7 Å². The molecular weight excluding hydrogens is 236 g/mol. The van der Waals surface area contributed by atoms with E-state index < -0.39 is 11.9 Å². The molecule has 0 saturated heterocycles. The lowest BCUT2D eigenvalue weighted by molar-refractivity contribution is -0.143. The van der Waals surface area contributed by atoms with E-state index >= 15 is 0 Å². The van der Waals surface area contributed by atoms with Crippen LogP contribution < -0.4 is 10.6 Å². The van der Waals surface area contributed by atoms with E-state index in [0.717, 1.165) is 19.3 Å². The second-order valence-electron chi connectivity index (χ2n) is 4.74. The Hall–Kier alpha value is -1.30. The van der Waals surface area contributed by atoms with Crippen molar-refractivity contribution in [1.82, 2.24) is 10.6 Å². The van der Waals surface area contributed by atoms with Crippen molar-refractivity contribution in [2.75, 3.05) is 13.7 Å². The lowest BCUT2D eigenvalue weighted by Gasteiger charge is -2.29. The van der Waals surface area contributed by atoms with E-state index in [2.05, 4.69) is 10.6 Å². The highest BCUT2D eigenvalue weighted by Crippen LogP contribution is 2.24. The number of methoxy groups -OCH3 is 1. The van der Waals surface area contributed by atoms with Crippen LogP contribution in [0.4, 0.5) is 4.79 Å². The Balaban J connectivity index is 2.39. The summed E-state index contributed by atoms with van der Waals surface area (Å²) in [7, 11) is 1.58. The van der Waals surface area contributed by atoms with Gasteiger partial charge in [-0.3, -0.25) is 4.79 Å². The molecule has 0 spiro atoms. The number of urea groups is 1. The van der Waals surface area contributed by atoms with Gasteiger partial charge in [-0.25, -0.2) is 4.79 Å². The van der Waals surface area contributed by atoms with E-state index in [1.807, 2.05) is 6.92 Å². The molecule has 0 radical (unpaired) electrons. The number of aliphatic carboxylic acids is 1. The summed E-state index contributed by atoms with van der Waals surface area (Å²) in [5.41, 5.74) is 0. The predicted molar refractivity (Wildman–Crippen MR) is 66.4 cm³/mol. The molecule has 2 amide bonds. The highest BCUT2D eigenvalue weighted by atomic mass is 16.5. The van der Waals surface area contributed by atoms with Gasteiger partial charge in [-0.1, -0.05) is 12.8 Å². The molecule has 6 heteroatoms. The van der Waals surface area contributed by atoms with Crippen LogP contribution in [0.3, 0.4) is 0 Å². The zero-order chi connectivity index (χ0) is 13.5. The molecule has 1 aliphatic carbocycles. The van der Waals surface area contributed by atoms with Gasteiger partial charge in [0, 0.05) is 19.7 Å². The number of carboxylic acid groups (broad SMARTS) is 1. The van der Waals surface area contributed by atoms with Crippen LogP contribution >= 0.6 is 0 Å². The van der Waals surface area contributed by atoms with Crippen LogP contribution in [0.15, 0.2) is 0 Å². The molecule has 1 rings (SSSR count). The Bertz CT molecular complexity index is 296. The largest absolute Gasteiger partial charge is 0.481 e. The van der Waals surface area contributed by atoms with Crippen molar-refractivity contribution in [2.45, 2.75) is 44.8 Å². The van der Waals surface area contributed by atoms with Gasteiger partial charge in [0.25, 0.3) is 0 Å². The standard InChI is InChI=1S/C12H22N2O4/c1-8(18-2)7-13-12(17)14-10-6-4-3-5-9(10)11(15)16/h8-10H,3-7H2,1-2H3,(H,15,16)(H2,13,14,17). The molecule has 1 saturated carbocycles. The first kappa shape index (κ1) is 14.8. The van der Waals surface area contributed by atoms with Gasteiger partial charge in [0.1, 0.15) is 0 Å². The fourth-order valence-electron chi connectivity index (χ4n) is 2.14. The maximum Gasteiger partial charge on any atom is 0.315 e. The number of carboxylic acids is 1. The van der Waals surface area contributed by atoms with Crippen molar-refractivity contribution in [3.8, 4) is 0 Å². The summed E-state index contributed by atoms with van der Waals surface area (Å²) in [6.45, 7) is 2.26. The monoisotopic (exact) mass is 258 g/mol. The molecule has 0 heterocycles. The highest BCUT2D eigenvalue weighted by molar-refractivity contribution is 5.76. The third-order valence-corrected chi connectivity index (χ3v) is 3.35. The van der Waals surface area contributed by atoms with Crippen molar-refractivity contribution in [2.24, 2.45) is 5.92 Å². The van der Waals surface area contributed by atoms with Gasteiger partial charge in [0.15, 0.2) is 0 Å². The zero-order valence-corrected chi connectivity index (χ0v) is 10.9. The average Bonchev–Trinajstić information content (AvgIpc) is 2.36. The molecule has 1 fully saturated rings. The van der Waals surface area contributed by atoms with Gasteiger partial charge >= 0.3 is 12.0 Å². The SMILES string of the molecule is COC(C)CNC(=O)NC1CCCCC1C(=O)O. The predicted octanol–water partition coefficient (Wildman–Crippen LogP) is 0.964. The van der Waals surface area contributed by atoms with E-state index in [-0.39, 0.29) is 18.2 Å². The van der Waals surface area contributed by atoms with Crippen LogP contribution in [0.25, 0.3) is 0 Å². The molecular formula is C12H22N2O4. The number of carbonyl (C=O) groups is 2. The molecule has 6 nitrogen and oxygen atoms in total. The van der Waals surface area contributed by atoms with Crippen molar-refractivity contribution in [3.05, 3.63) is 0 Å². The first-order valence-electron chi connectivity index (χ1n) is 6.34. The molecule has 1 aliphatic rings. The Morgan fingerprint density at radius 3 is 2.67 bits per heavy atom. The van der Waals surface area contributed by atoms with Crippen molar-refractivity contribution in [3.63, 3.8) is 0 Å². The van der Waals surface area contributed by atoms with Crippen molar-refractivity contribution < 1.29 is 19.4 Å². The van der Waals surface area contributed by atoms with Crippen molar-refractivity contribution >= 4 is 12.0 Å². The maximum absolute atomic E-state index is 11.6. The Morgan fingerprint density at radius 1 is 1.39 bits per heavy atom. The first-order chi connectivity index (χ1) is 8.54. The summed E-state index contributed by atoms with van der Waals surface area (Å²) in [5.74, 6) is -1.30. The molecule has 18 heavy (non-hydrogen) atoms. The van der Waals surface area contributed by atoms with Gasteiger partial charge in [0.2, 0.25) is 0 Å². The minimum Gasteiger partial charge on any atom is -0.481 e. The highest BCUT2D eigenvalue weighted by Gasteiger charge is 2.31. The van der Waals surface area contributed by atoms with Crippen LogP contribution in [-0.4, -0.2) is 42.9 Å². The Kier molecular flexibility index (Phi) is 5.91. The van der Waals surface area contributed by atoms with Crippen molar-refractivity contribution in [1.29, 1.82) is 0 Å². The Labute approximate surface area is 107 Å². The summed E-state index contributed by atoms with van der Waals surface area (Å²) < 4.78 is 5.01. The third-order valence-electron chi connectivity index (χ3n) is 3.35. The van der Waals surface area contributed by atoms with Gasteiger partial charge in [-0.15, -0.1) is 0 Å². The molecule has 0 aromatic heterocycles. The fraction of sp³-hybridized carbons (Fsp3) is 0.833. The number of nitrogens with one attached hydrogen (secondary N) is 2. The molecule has 0 aliphatic heterocycles. The average molecular weight is 258 g/mol. The lowest BCUT2D eigenvalue weighted by Crippen LogP contribution is -2.49. The summed E-state index contributed by atoms with van der Waals surface area (Å²) in [5, 5.41) is 14.5. The van der Waals surface area contributed by atoms with Gasteiger partial charge in [-0.05, 0) is 19.8 Å². The number of ether oxygens (including phenoxy) is 1. The minimum atomic E-state index is -0.828. The molecule has 0 bridgehead atoms. The minimum absolute atomic E-state index is 0.0580. The number of hydrogen-bond acceptors (Lipinski definition) is 3. The van der Waals surface area contributed by atoms with Gasteiger partial charge < -0.3 is 20.5 Å². The van der Waals surface area contributed by atoms with E-state index in [1.165, 1.54) is 0 Å². The molecule has 0 aromatic carbocycles. The summed E-state index contributed by atoms with van der Waals surface area (Å²) in [6.07, 6.45) is 3.18. The molecule has 0 aromatic rings. The second-order valence-corrected chi connectivity index (χ2v) is 4.74. The van der Waals surface area contributed by atoms with Gasteiger partial charge in [-0.2, -0.15) is 0 Å².